The third kappa shape index (κ3) is 7.43. The highest BCUT2D eigenvalue weighted by Crippen LogP contribution is 2.20. The minimum absolute atomic E-state index is 0.0441. The normalized spacial score (nSPS) is 11.3. The molecule has 2 aromatic rings. The first-order valence-corrected chi connectivity index (χ1v) is 10.0. The summed E-state index contributed by atoms with van der Waals surface area (Å²) in [6, 6.07) is 12.8. The lowest BCUT2D eigenvalue weighted by Gasteiger charge is -2.08. The van der Waals surface area contributed by atoms with Crippen LogP contribution in [0.5, 0.6) is 0 Å². The monoisotopic (exact) mass is 520 g/mol. The van der Waals surface area contributed by atoms with Crippen LogP contribution in [-0.4, -0.2) is 28.3 Å². The van der Waals surface area contributed by atoms with Gasteiger partial charge in [-0.25, -0.2) is 8.42 Å². The van der Waals surface area contributed by atoms with E-state index in [0.29, 0.717) is 0 Å². The van der Waals surface area contributed by atoms with Crippen molar-refractivity contribution in [1.29, 1.82) is 0 Å². The summed E-state index contributed by atoms with van der Waals surface area (Å²) in [5, 5.41) is 21.4. The van der Waals surface area contributed by atoms with E-state index in [-0.39, 0.29) is 11.4 Å². The molecule has 0 aliphatic rings. The van der Waals surface area contributed by atoms with Crippen LogP contribution < -0.4 is 21.2 Å². The summed E-state index contributed by atoms with van der Waals surface area (Å²) in [4.78, 5) is 20.5. The van der Waals surface area contributed by atoms with Gasteiger partial charge in [-0.2, -0.15) is 13.2 Å². The van der Waals surface area contributed by atoms with Gasteiger partial charge in [-0.3, -0.25) is 20.2 Å². The minimum atomic E-state index is -6.09. The fourth-order valence-corrected chi connectivity index (χ4v) is 3.87. The van der Waals surface area contributed by atoms with Crippen LogP contribution in [0.2, 0.25) is 0 Å². The molecule has 9 nitrogen and oxygen atoms in total. The first kappa shape index (κ1) is 22.7. The lowest BCUT2D eigenvalue weighted by molar-refractivity contribution is -0.598. The van der Waals surface area contributed by atoms with Crippen molar-refractivity contribution < 1.29 is 57.2 Å². The fraction of sp³-hybridized carbons (Fsp3) is 0.0769. The van der Waals surface area contributed by atoms with Gasteiger partial charge in [0.2, 0.25) is 7.14 Å². The Morgan fingerprint density at radius 3 is 1.44 bits per heavy atom. The summed E-state index contributed by atoms with van der Waals surface area (Å²) in [6.45, 7) is 0. The number of hydrogen-bond donors (Lipinski definition) is 0. The maximum atomic E-state index is 10.7. The summed E-state index contributed by atoms with van der Waals surface area (Å²) in [6.07, 6.45) is 0. The van der Waals surface area contributed by atoms with Crippen LogP contribution in [0.4, 0.5) is 24.5 Å². The van der Waals surface area contributed by atoms with Gasteiger partial charge in [0.15, 0.2) is 10.1 Å². The molecule has 0 unspecified atom stereocenters. The van der Waals surface area contributed by atoms with Crippen molar-refractivity contribution in [3.05, 3.63) is 75.9 Å². The molecule has 0 radical (unpaired) electrons. The first-order chi connectivity index (χ1) is 12.3. The summed E-state index contributed by atoms with van der Waals surface area (Å²) < 4.78 is 60.6. The number of hydrogen-bond acceptors (Lipinski definition) is 7. The molecule has 0 saturated carbocycles. The molecule has 27 heavy (non-hydrogen) atoms. The third-order valence-electron chi connectivity index (χ3n) is 2.54. The first-order valence-electron chi connectivity index (χ1n) is 6.47. The Morgan fingerprint density at radius 1 is 0.852 bits per heavy atom. The number of benzene rings is 2. The summed E-state index contributed by atoms with van der Waals surface area (Å²) in [5.74, 6) is 0. The van der Waals surface area contributed by atoms with E-state index in [4.69, 9.17) is 13.0 Å². The molecule has 0 atom stereocenters. The van der Waals surface area contributed by atoms with Crippen molar-refractivity contribution in [3.8, 4) is 0 Å². The zero-order chi connectivity index (χ0) is 20.8. The number of alkyl halides is 3. The van der Waals surface area contributed by atoms with Crippen LogP contribution in [0.1, 0.15) is 0 Å². The van der Waals surface area contributed by atoms with Crippen molar-refractivity contribution in [2.45, 2.75) is 5.51 Å². The molecule has 0 saturated heterocycles. The van der Waals surface area contributed by atoms with Crippen LogP contribution in [0, 0.1) is 27.4 Å². The Balaban J connectivity index is 0.000000387. The van der Waals surface area contributed by atoms with Gasteiger partial charge < -0.3 is 4.55 Å². The smallest absolute Gasteiger partial charge is 0.485 e. The fourth-order valence-electron chi connectivity index (χ4n) is 1.42. The van der Waals surface area contributed by atoms with Gasteiger partial charge in [-0.1, -0.05) is 12.1 Å². The number of rotatable bonds is 4. The van der Waals surface area contributed by atoms with Crippen molar-refractivity contribution in [3.63, 3.8) is 0 Å². The van der Waals surface area contributed by atoms with Crippen LogP contribution in [0.15, 0.2) is 48.5 Å². The van der Waals surface area contributed by atoms with Gasteiger partial charge in [0.1, 0.15) is 0 Å². The Bertz CT molecular complexity index is 895. The predicted octanol–water partition coefficient (Wildman–Crippen LogP) is -0.317. The minimum Gasteiger partial charge on any atom is -0.741 e. The lowest BCUT2D eigenvalue weighted by Crippen LogP contribution is -3.61. The van der Waals surface area contributed by atoms with E-state index in [1.54, 1.807) is 24.3 Å². The van der Waals surface area contributed by atoms with E-state index in [0.717, 1.165) is 7.14 Å². The van der Waals surface area contributed by atoms with Gasteiger partial charge in [0, 0.05) is 12.1 Å². The third-order valence-corrected chi connectivity index (χ3v) is 5.69. The van der Waals surface area contributed by atoms with Crippen molar-refractivity contribution in [2.75, 3.05) is 0 Å². The van der Waals surface area contributed by atoms with Gasteiger partial charge in [0.25, 0.3) is 11.4 Å². The number of nitrogens with zero attached hydrogens (tertiary/aromatic N) is 2. The van der Waals surface area contributed by atoms with Crippen molar-refractivity contribution >= 4 is 21.5 Å². The zero-order valence-electron chi connectivity index (χ0n) is 12.8. The molecule has 0 heterocycles. The highest BCUT2D eigenvalue weighted by Gasteiger charge is 2.36. The second-order valence-electron chi connectivity index (χ2n) is 4.47. The van der Waals surface area contributed by atoms with Crippen LogP contribution >= 0.6 is 0 Å². The van der Waals surface area contributed by atoms with E-state index in [1.807, 2.05) is 0 Å². The molecular weight excluding hydrogens is 512 g/mol. The maximum Gasteiger partial charge on any atom is 0.485 e. The maximum absolute atomic E-state index is 10.7. The molecule has 0 aliphatic heterocycles. The number of non-ortho nitro benzene ring substituents is 2. The van der Waals surface area contributed by atoms with E-state index in [1.165, 1.54) is 24.3 Å². The van der Waals surface area contributed by atoms with Crippen molar-refractivity contribution in [1.82, 2.24) is 0 Å². The number of halogens is 4. The summed E-state index contributed by atoms with van der Waals surface area (Å²) in [7, 11) is -6.09. The molecule has 2 rings (SSSR count). The highest BCUT2D eigenvalue weighted by molar-refractivity contribution is 7.86. The molecule has 0 aliphatic carbocycles. The van der Waals surface area contributed by atoms with E-state index in [9.17, 15) is 33.4 Å². The van der Waals surface area contributed by atoms with Gasteiger partial charge >= 0.3 is 26.7 Å². The molecular formula is C13H8F3IN2O7S. The van der Waals surface area contributed by atoms with E-state index >= 15 is 0 Å². The Labute approximate surface area is 160 Å². The van der Waals surface area contributed by atoms with Crippen LogP contribution in [-0.2, 0) is 10.1 Å². The van der Waals surface area contributed by atoms with Gasteiger partial charge in [0.05, 0.1) is 22.0 Å². The Hall–Kier alpha value is -2.33. The molecule has 0 amide bonds. The average molecular weight is 520 g/mol. The van der Waals surface area contributed by atoms with Gasteiger partial charge in [-0.05, 0) is 12.1 Å². The molecule has 146 valence electrons. The second kappa shape index (κ2) is 9.05. The molecule has 0 aromatic heterocycles. The lowest BCUT2D eigenvalue weighted by atomic mass is 10.3. The largest absolute Gasteiger partial charge is 0.741 e. The summed E-state index contributed by atoms with van der Waals surface area (Å²) in [5.41, 5.74) is -5.56. The van der Waals surface area contributed by atoms with Crippen molar-refractivity contribution in [2.24, 2.45) is 0 Å². The standard InChI is InChI=1S/C12H8IN2O4.CHF3O3S/c16-14(17)11-5-1-3-9(7-11)13-10-4-2-6-12(8-10)15(18)19;2-1(3,4)8(5,6)7/h1-8H;(H,5,6,7)/q+1;/p-1. The predicted molar refractivity (Wildman–Crippen MR) is 79.3 cm³/mol. The second-order valence-corrected chi connectivity index (χ2v) is 8.87. The molecule has 0 spiro atoms. The Morgan fingerprint density at radius 2 is 1.19 bits per heavy atom. The molecule has 2 aromatic carbocycles. The molecule has 0 N–H and O–H groups in total. The molecule has 0 bridgehead atoms. The number of nitro groups is 2. The zero-order valence-corrected chi connectivity index (χ0v) is 15.8. The van der Waals surface area contributed by atoms with Gasteiger partial charge in [-0.15, -0.1) is 0 Å². The quantitative estimate of drug-likeness (QED) is 0.177. The van der Waals surface area contributed by atoms with E-state index in [2.05, 4.69) is 0 Å². The topological polar surface area (TPSA) is 143 Å². The molecule has 14 heteroatoms. The van der Waals surface area contributed by atoms with Crippen LogP contribution in [0.25, 0.3) is 0 Å². The average Bonchev–Trinajstić information content (AvgIpc) is 2.54. The summed E-state index contributed by atoms with van der Waals surface area (Å²) >= 11 is -0.665. The number of nitro benzene ring substituents is 2. The molecule has 0 fully saturated rings. The van der Waals surface area contributed by atoms with Crippen LogP contribution in [0.3, 0.4) is 0 Å². The highest BCUT2D eigenvalue weighted by atomic mass is 127. The Kier molecular flexibility index (Phi) is 7.61. The van der Waals surface area contributed by atoms with E-state index < -0.39 is 46.7 Å². The SMILES string of the molecule is O=S(=O)([O-])C(F)(F)F.O=[N+]([O-])c1cccc([I+]c2cccc([N+](=O)[O-])c2)c1.